The largest absolute Gasteiger partial charge is 0.491 e. The van der Waals surface area contributed by atoms with Crippen LogP contribution in [0.2, 0.25) is 0 Å². The molecule has 0 spiro atoms. The Bertz CT molecular complexity index is 337. The zero-order chi connectivity index (χ0) is 13.5. The van der Waals surface area contributed by atoms with Crippen LogP contribution >= 0.6 is 0 Å². The van der Waals surface area contributed by atoms with Crippen LogP contribution in [0.15, 0.2) is 24.3 Å². The Hall–Kier alpha value is -1.26. The van der Waals surface area contributed by atoms with Crippen molar-refractivity contribution < 1.29 is 14.6 Å². The zero-order valence-corrected chi connectivity index (χ0v) is 11.3. The second-order valence-corrected chi connectivity index (χ2v) is 4.82. The fraction of sp³-hybridized carbons (Fsp3) is 0.571. The third-order valence-electron chi connectivity index (χ3n) is 2.81. The summed E-state index contributed by atoms with van der Waals surface area (Å²) in [5.41, 5.74) is 6.26. The number of hydrogen-bond donors (Lipinski definition) is 2. The lowest BCUT2D eigenvalue weighted by molar-refractivity contribution is -0.0331. The molecule has 1 aromatic rings. The van der Waals surface area contributed by atoms with Crippen molar-refractivity contribution in [2.45, 2.75) is 33.0 Å². The van der Waals surface area contributed by atoms with Gasteiger partial charge in [0.15, 0.2) is 0 Å². The van der Waals surface area contributed by atoms with Gasteiger partial charge in [0, 0.05) is 5.69 Å². The summed E-state index contributed by atoms with van der Waals surface area (Å²) in [6.45, 7) is 6.67. The van der Waals surface area contributed by atoms with E-state index in [0.29, 0.717) is 17.4 Å². The number of rotatable bonds is 7. The summed E-state index contributed by atoms with van der Waals surface area (Å²) in [6, 6.07) is 7.08. The van der Waals surface area contributed by atoms with Gasteiger partial charge in [-0.25, -0.2) is 0 Å². The lowest BCUT2D eigenvalue weighted by Crippen LogP contribution is -2.27. The monoisotopic (exact) mass is 253 g/mol. The maximum absolute atomic E-state index is 9.72. The van der Waals surface area contributed by atoms with Crippen molar-refractivity contribution in [2.75, 3.05) is 18.9 Å². The molecule has 0 radical (unpaired) electrons. The SMILES string of the molecule is CC(C)C(C)OCC(O)COc1ccc(N)cc1. The summed E-state index contributed by atoms with van der Waals surface area (Å²) >= 11 is 0. The Kier molecular flexibility index (Phi) is 5.95. The quantitative estimate of drug-likeness (QED) is 0.730. The van der Waals surface area contributed by atoms with Crippen molar-refractivity contribution in [3.8, 4) is 5.75 Å². The fourth-order valence-electron chi connectivity index (χ4n) is 1.26. The van der Waals surface area contributed by atoms with Crippen molar-refractivity contribution in [3.05, 3.63) is 24.3 Å². The third kappa shape index (κ3) is 5.38. The first kappa shape index (κ1) is 14.8. The summed E-state index contributed by atoms with van der Waals surface area (Å²) < 4.78 is 11.0. The van der Waals surface area contributed by atoms with Gasteiger partial charge in [-0.1, -0.05) is 13.8 Å². The van der Waals surface area contributed by atoms with Crippen LogP contribution in [0.5, 0.6) is 5.75 Å². The maximum Gasteiger partial charge on any atom is 0.119 e. The minimum atomic E-state index is -0.622. The molecule has 18 heavy (non-hydrogen) atoms. The number of hydrogen-bond acceptors (Lipinski definition) is 4. The van der Waals surface area contributed by atoms with Crippen LogP contribution < -0.4 is 10.5 Å². The highest BCUT2D eigenvalue weighted by Gasteiger charge is 2.11. The van der Waals surface area contributed by atoms with Gasteiger partial charge in [-0.15, -0.1) is 0 Å². The predicted molar refractivity (Wildman–Crippen MR) is 72.6 cm³/mol. The van der Waals surface area contributed by atoms with E-state index in [1.165, 1.54) is 0 Å². The number of aliphatic hydroxyl groups is 1. The Balaban J connectivity index is 2.24. The smallest absolute Gasteiger partial charge is 0.119 e. The molecule has 4 nitrogen and oxygen atoms in total. The van der Waals surface area contributed by atoms with Crippen molar-refractivity contribution in [1.82, 2.24) is 0 Å². The Morgan fingerprint density at radius 1 is 1.11 bits per heavy atom. The van der Waals surface area contributed by atoms with E-state index in [0.717, 1.165) is 0 Å². The van der Waals surface area contributed by atoms with Crippen LogP contribution in [0.1, 0.15) is 20.8 Å². The van der Waals surface area contributed by atoms with E-state index in [4.69, 9.17) is 15.2 Å². The molecule has 1 rings (SSSR count). The van der Waals surface area contributed by atoms with Crippen molar-refractivity contribution in [2.24, 2.45) is 5.92 Å². The summed E-state index contributed by atoms with van der Waals surface area (Å²) in [4.78, 5) is 0. The van der Waals surface area contributed by atoms with Crippen LogP contribution in [0.4, 0.5) is 5.69 Å². The molecule has 1 aromatic carbocycles. The molecule has 2 unspecified atom stereocenters. The molecule has 0 fully saturated rings. The molecule has 0 amide bonds. The molecule has 0 saturated heterocycles. The van der Waals surface area contributed by atoms with E-state index in [2.05, 4.69) is 13.8 Å². The van der Waals surface area contributed by atoms with Crippen molar-refractivity contribution in [1.29, 1.82) is 0 Å². The van der Waals surface area contributed by atoms with Crippen LogP contribution in [0.25, 0.3) is 0 Å². The second kappa shape index (κ2) is 7.24. The van der Waals surface area contributed by atoms with Gasteiger partial charge in [0.1, 0.15) is 18.5 Å². The average molecular weight is 253 g/mol. The molecule has 4 heteroatoms. The van der Waals surface area contributed by atoms with E-state index in [1.54, 1.807) is 24.3 Å². The summed E-state index contributed by atoms with van der Waals surface area (Å²) in [7, 11) is 0. The number of nitrogen functional groups attached to an aromatic ring is 1. The van der Waals surface area contributed by atoms with E-state index in [1.807, 2.05) is 6.92 Å². The number of anilines is 1. The molecule has 102 valence electrons. The molecule has 0 saturated carbocycles. The molecule has 0 bridgehead atoms. The molecular weight excluding hydrogens is 230 g/mol. The first-order valence-corrected chi connectivity index (χ1v) is 6.27. The number of nitrogens with two attached hydrogens (primary N) is 1. The van der Waals surface area contributed by atoms with E-state index in [-0.39, 0.29) is 19.3 Å². The Morgan fingerprint density at radius 2 is 1.72 bits per heavy atom. The van der Waals surface area contributed by atoms with Gasteiger partial charge < -0.3 is 20.3 Å². The highest BCUT2D eigenvalue weighted by molar-refractivity contribution is 5.41. The normalized spacial score (nSPS) is 14.5. The molecule has 0 heterocycles. The lowest BCUT2D eigenvalue weighted by Gasteiger charge is -2.19. The highest BCUT2D eigenvalue weighted by atomic mass is 16.5. The van der Waals surface area contributed by atoms with E-state index < -0.39 is 6.10 Å². The van der Waals surface area contributed by atoms with Crippen LogP contribution in [-0.2, 0) is 4.74 Å². The Morgan fingerprint density at radius 3 is 2.28 bits per heavy atom. The molecule has 0 aliphatic carbocycles. The summed E-state index contributed by atoms with van der Waals surface area (Å²) in [5.74, 6) is 1.13. The van der Waals surface area contributed by atoms with Crippen LogP contribution in [0.3, 0.4) is 0 Å². The number of aliphatic hydroxyl groups excluding tert-OH is 1. The van der Waals surface area contributed by atoms with Gasteiger partial charge in [-0.2, -0.15) is 0 Å². The first-order chi connectivity index (χ1) is 8.49. The molecule has 2 atom stereocenters. The predicted octanol–water partition coefficient (Wildman–Crippen LogP) is 2.07. The minimum Gasteiger partial charge on any atom is -0.491 e. The first-order valence-electron chi connectivity index (χ1n) is 6.27. The fourth-order valence-corrected chi connectivity index (χ4v) is 1.26. The van der Waals surface area contributed by atoms with Gasteiger partial charge in [-0.3, -0.25) is 0 Å². The van der Waals surface area contributed by atoms with Gasteiger partial charge in [0.05, 0.1) is 12.7 Å². The number of ether oxygens (including phenoxy) is 2. The zero-order valence-electron chi connectivity index (χ0n) is 11.3. The standard InChI is InChI=1S/C14H23NO3/c1-10(2)11(3)17-8-13(16)9-18-14-6-4-12(15)5-7-14/h4-7,10-11,13,16H,8-9,15H2,1-3H3. The molecule has 3 N–H and O–H groups in total. The minimum absolute atomic E-state index is 0.135. The second-order valence-electron chi connectivity index (χ2n) is 4.82. The molecule has 0 aliphatic heterocycles. The molecule has 0 aliphatic rings. The van der Waals surface area contributed by atoms with Gasteiger partial charge in [0.25, 0.3) is 0 Å². The van der Waals surface area contributed by atoms with Crippen LogP contribution in [-0.4, -0.2) is 30.5 Å². The highest BCUT2D eigenvalue weighted by Crippen LogP contribution is 2.13. The molecular formula is C14H23NO3. The third-order valence-corrected chi connectivity index (χ3v) is 2.81. The topological polar surface area (TPSA) is 64.7 Å². The lowest BCUT2D eigenvalue weighted by atomic mass is 10.1. The van der Waals surface area contributed by atoms with E-state index in [9.17, 15) is 5.11 Å². The van der Waals surface area contributed by atoms with E-state index >= 15 is 0 Å². The van der Waals surface area contributed by atoms with Gasteiger partial charge >= 0.3 is 0 Å². The van der Waals surface area contributed by atoms with Crippen molar-refractivity contribution in [3.63, 3.8) is 0 Å². The average Bonchev–Trinajstić information content (AvgIpc) is 2.35. The maximum atomic E-state index is 9.72. The molecule has 0 aromatic heterocycles. The number of benzene rings is 1. The Labute approximate surface area is 109 Å². The van der Waals surface area contributed by atoms with Crippen molar-refractivity contribution >= 4 is 5.69 Å². The van der Waals surface area contributed by atoms with Gasteiger partial charge in [0.2, 0.25) is 0 Å². The van der Waals surface area contributed by atoms with Crippen LogP contribution in [0, 0.1) is 5.92 Å². The summed E-state index contributed by atoms with van der Waals surface area (Å²) in [5, 5.41) is 9.72. The summed E-state index contributed by atoms with van der Waals surface area (Å²) in [6.07, 6.45) is -0.486. The van der Waals surface area contributed by atoms with Gasteiger partial charge in [-0.05, 0) is 37.1 Å².